The van der Waals surface area contributed by atoms with Gasteiger partial charge in [0.25, 0.3) is 0 Å². The smallest absolute Gasteiger partial charge is 0.184 e. The van der Waals surface area contributed by atoms with Gasteiger partial charge in [0.15, 0.2) is 6.29 Å². The molecule has 0 bridgehead atoms. The molecule has 5 atom stereocenters. The molecule has 0 saturated carbocycles. The molecule has 1 saturated heterocycles. The third-order valence-electron chi connectivity index (χ3n) is 2.28. The molecule has 0 spiro atoms. The molecule has 1 fully saturated rings. The molecule has 4 radical (unpaired) electrons. The van der Waals surface area contributed by atoms with Crippen LogP contribution in [-0.2, 0) is 9.47 Å². The molecule has 5 unspecified atom stereocenters. The van der Waals surface area contributed by atoms with Crippen molar-refractivity contribution < 1.29 is 206 Å². The Morgan fingerprint density at radius 1 is 0.895 bits per heavy atom. The molecule has 10 heteroatoms. The van der Waals surface area contributed by atoms with Crippen molar-refractivity contribution in [2.75, 3.05) is 6.61 Å². The molecule has 1 rings (SSSR count). The van der Waals surface area contributed by atoms with E-state index in [1.54, 1.807) is 0 Å². The predicted octanol–water partition coefficient (Wildman–Crippen LogP) is -1.79. The summed E-state index contributed by atoms with van der Waals surface area (Å²) in [5.74, 6) is 0. The van der Waals surface area contributed by atoms with Crippen molar-refractivity contribution in [2.45, 2.75) is 50.7 Å². The van der Waals surface area contributed by atoms with Crippen LogP contribution in [0.15, 0.2) is 0 Å². The van der Waals surface area contributed by atoms with Gasteiger partial charge in [-0.1, -0.05) is 0 Å². The molecule has 6 nitrogen and oxygen atoms in total. The Morgan fingerprint density at radius 2 is 1.37 bits per heavy atom. The fourth-order valence-corrected chi connectivity index (χ4v) is 1.36. The van der Waals surface area contributed by atoms with E-state index in [-0.39, 0.29) is 189 Å². The number of rotatable bonds is 3. The van der Waals surface area contributed by atoms with Crippen LogP contribution in [0.4, 0.5) is 0 Å². The number of hydrogen-bond donors (Lipinski definition) is 4. The van der Waals surface area contributed by atoms with Crippen molar-refractivity contribution in [3.8, 4) is 0 Å². The van der Waals surface area contributed by atoms with Gasteiger partial charge in [-0.2, -0.15) is 0 Å². The minimum atomic E-state index is -1.50. The summed E-state index contributed by atoms with van der Waals surface area (Å²) in [4.78, 5) is 0. The monoisotopic (exact) mass is 1130 g/mol. The van der Waals surface area contributed by atoms with Gasteiger partial charge < -0.3 is 29.9 Å². The van der Waals surface area contributed by atoms with Crippen LogP contribution in [0.25, 0.3) is 0 Å². The van der Waals surface area contributed by atoms with Gasteiger partial charge in [-0.05, 0) is 13.8 Å². The van der Waals surface area contributed by atoms with E-state index in [1.807, 2.05) is 13.8 Å². The molecule has 102 valence electrons. The van der Waals surface area contributed by atoms with E-state index < -0.39 is 30.7 Å². The van der Waals surface area contributed by atoms with E-state index in [2.05, 4.69) is 0 Å². The minimum absolute atomic E-state index is 0. The van der Waals surface area contributed by atoms with Gasteiger partial charge in [-0.3, -0.25) is 0 Å². The summed E-state index contributed by atoms with van der Waals surface area (Å²) >= 11 is 0. The average Bonchev–Trinajstić information content (AvgIpc) is 2.18. The number of hydrogen-bond acceptors (Lipinski definition) is 6. The topological polar surface area (TPSA) is 99.4 Å². The molecule has 4 N–H and O–H groups in total. The van der Waals surface area contributed by atoms with Crippen LogP contribution in [-0.4, -0.2) is 63.8 Å². The first-order valence-corrected chi connectivity index (χ1v) is 4.92. The van der Waals surface area contributed by atoms with Crippen molar-refractivity contribution in [1.29, 1.82) is 0 Å². The number of aliphatic hydroxyl groups excluding tert-OH is 4. The number of aliphatic hydroxyl groups is 4. The van der Waals surface area contributed by atoms with Gasteiger partial charge in [-0.25, -0.2) is 0 Å². The van der Waals surface area contributed by atoms with Crippen molar-refractivity contribution in [3.63, 3.8) is 0 Å². The molecular formula is C9H18Ac4O6. The van der Waals surface area contributed by atoms with Crippen LogP contribution >= 0.6 is 0 Å². The molecule has 0 aromatic heterocycles. The zero-order chi connectivity index (χ0) is 11.6. The summed E-state index contributed by atoms with van der Waals surface area (Å²) in [6, 6.07) is 0. The van der Waals surface area contributed by atoms with Gasteiger partial charge >= 0.3 is 0 Å². The molecular weight excluding hydrogens is 1110 g/mol. The van der Waals surface area contributed by atoms with Crippen LogP contribution < -0.4 is 0 Å². The molecule has 1 aliphatic rings. The predicted molar refractivity (Wildman–Crippen MR) is 50.0 cm³/mol. The maximum Gasteiger partial charge on any atom is 0.184 e. The molecule has 19 heavy (non-hydrogen) atoms. The fraction of sp³-hybridized carbons (Fsp3) is 1.00. The summed E-state index contributed by atoms with van der Waals surface area (Å²) < 4.78 is 10.1. The van der Waals surface area contributed by atoms with Gasteiger partial charge in [0.05, 0.1) is 12.7 Å². The minimum Gasteiger partial charge on any atom is -0.387 e. The van der Waals surface area contributed by atoms with Crippen molar-refractivity contribution in [3.05, 3.63) is 0 Å². The van der Waals surface area contributed by atoms with E-state index in [1.165, 1.54) is 0 Å². The van der Waals surface area contributed by atoms with E-state index in [0.29, 0.717) is 0 Å². The Bertz CT molecular complexity index is 211. The Morgan fingerprint density at radius 3 is 1.79 bits per heavy atom. The molecule has 1 aliphatic heterocycles. The standard InChI is InChI=1S/C9H18O6.4Ac/c1-4(2)14-3-5-6(10)7(11)8(12)9(13)15-5;;;;/h4-13H,3H2,1-2H3;;;;. The van der Waals surface area contributed by atoms with Crippen molar-refractivity contribution in [2.24, 2.45) is 0 Å². The Hall–Kier alpha value is 5.53. The molecule has 0 aliphatic carbocycles. The summed E-state index contributed by atoms with van der Waals surface area (Å²) in [5.41, 5.74) is 0. The van der Waals surface area contributed by atoms with Gasteiger partial charge in [0, 0.05) is 176 Å². The maximum atomic E-state index is 9.51. The first-order valence-electron chi connectivity index (χ1n) is 4.92. The number of ether oxygens (including phenoxy) is 2. The largest absolute Gasteiger partial charge is 0.387 e. The van der Waals surface area contributed by atoms with E-state index in [4.69, 9.17) is 9.47 Å². The van der Waals surface area contributed by atoms with Crippen LogP contribution in [0.5, 0.6) is 0 Å². The average molecular weight is 1130 g/mol. The van der Waals surface area contributed by atoms with Crippen LogP contribution in [0.3, 0.4) is 0 Å². The van der Waals surface area contributed by atoms with Crippen molar-refractivity contribution >= 4 is 0 Å². The van der Waals surface area contributed by atoms with Crippen LogP contribution in [0, 0.1) is 176 Å². The second-order valence-corrected chi connectivity index (χ2v) is 3.92. The maximum absolute atomic E-state index is 9.51. The summed E-state index contributed by atoms with van der Waals surface area (Å²) in [6.45, 7) is 3.69. The van der Waals surface area contributed by atoms with Crippen LogP contribution in [0.1, 0.15) is 13.8 Å². The quantitative estimate of drug-likeness (QED) is 0.267. The molecule has 0 amide bonds. The van der Waals surface area contributed by atoms with Gasteiger partial charge in [-0.15, -0.1) is 0 Å². The molecule has 0 aromatic rings. The third kappa shape index (κ3) is 11.7. The van der Waals surface area contributed by atoms with E-state index in [0.717, 1.165) is 0 Å². The first kappa shape index (κ1) is 32.2. The molecule has 0 aromatic carbocycles. The zero-order valence-electron chi connectivity index (χ0n) is 11.1. The first-order chi connectivity index (χ1) is 6.93. The summed E-state index contributed by atoms with van der Waals surface area (Å²) in [7, 11) is 0. The SMILES string of the molecule is CC(C)OCC1OC(O)C(O)C(O)C1O.[Ac].[Ac].[Ac].[Ac]. The van der Waals surface area contributed by atoms with E-state index >= 15 is 0 Å². The zero-order valence-corrected chi connectivity index (χ0v) is 30.1. The fourth-order valence-electron chi connectivity index (χ4n) is 1.36. The summed E-state index contributed by atoms with van der Waals surface area (Å²) in [5, 5.41) is 37.3. The van der Waals surface area contributed by atoms with Crippen LogP contribution in [0.2, 0.25) is 0 Å². The third-order valence-corrected chi connectivity index (χ3v) is 2.28. The Balaban J connectivity index is -0.000000281. The molecule has 1 heterocycles. The second-order valence-electron chi connectivity index (χ2n) is 3.92. The van der Waals surface area contributed by atoms with Gasteiger partial charge in [0.2, 0.25) is 0 Å². The Labute approximate surface area is 256 Å². The van der Waals surface area contributed by atoms with Gasteiger partial charge in [0.1, 0.15) is 24.4 Å². The van der Waals surface area contributed by atoms with E-state index in [9.17, 15) is 20.4 Å². The van der Waals surface area contributed by atoms with Crippen molar-refractivity contribution in [1.82, 2.24) is 0 Å². The Kier molecular flexibility index (Phi) is 28.8. The summed E-state index contributed by atoms with van der Waals surface area (Å²) in [6.07, 6.45) is -6.54. The normalized spacial score (nSPS) is 33.3. The second kappa shape index (κ2) is 17.0.